The third-order valence-electron chi connectivity index (χ3n) is 2.58. The number of thiocarbonyl (C=S) groups is 1. The summed E-state index contributed by atoms with van der Waals surface area (Å²) in [5, 5.41) is 3.44. The lowest BCUT2D eigenvalue weighted by molar-refractivity contribution is 1.48. The fourth-order valence-electron chi connectivity index (χ4n) is 1.78. The summed E-state index contributed by atoms with van der Waals surface area (Å²) in [6.07, 6.45) is 0. The summed E-state index contributed by atoms with van der Waals surface area (Å²) in [6.45, 7) is 0. The molecule has 3 aromatic rings. The number of hydrogen-bond donors (Lipinski definition) is 0. The maximum absolute atomic E-state index is 4.78. The number of fused-ring (bicyclic) bond motifs is 1. The topological polar surface area (TPSA) is 12.9 Å². The van der Waals surface area contributed by atoms with Crippen LogP contribution in [-0.2, 0) is 0 Å². The molecule has 1 radical (unpaired) electrons. The van der Waals surface area contributed by atoms with Gasteiger partial charge in [0.15, 0.2) is 0 Å². The summed E-state index contributed by atoms with van der Waals surface area (Å²) >= 11 is 6.36. The molecule has 0 aliphatic heterocycles. The lowest BCUT2D eigenvalue weighted by Crippen LogP contribution is -1.77. The zero-order chi connectivity index (χ0) is 11.7. The molecule has 1 aromatic heterocycles. The van der Waals surface area contributed by atoms with Crippen LogP contribution in [0.15, 0.2) is 48.5 Å². The number of nitrogens with zero attached hydrogens (tertiary/aromatic N) is 1. The van der Waals surface area contributed by atoms with Gasteiger partial charge in [0.05, 0.1) is 15.6 Å². The van der Waals surface area contributed by atoms with Gasteiger partial charge in [0.2, 0.25) is 0 Å². The Bertz CT molecular complexity index is 671. The molecule has 3 rings (SSSR count). The predicted molar refractivity (Wildman–Crippen MR) is 76.8 cm³/mol. The van der Waals surface area contributed by atoms with Gasteiger partial charge in [-0.05, 0) is 23.3 Å². The van der Waals surface area contributed by atoms with E-state index in [1.54, 1.807) is 11.3 Å². The van der Waals surface area contributed by atoms with Crippen LogP contribution in [0.25, 0.3) is 21.3 Å². The first-order valence-electron chi connectivity index (χ1n) is 5.21. The molecule has 0 atom stereocenters. The van der Waals surface area contributed by atoms with Crippen LogP contribution in [-0.4, -0.2) is 10.4 Å². The Kier molecular flexibility index (Phi) is 2.71. The van der Waals surface area contributed by atoms with Crippen molar-refractivity contribution >= 4 is 39.1 Å². The van der Waals surface area contributed by atoms with Gasteiger partial charge in [-0.1, -0.05) is 48.6 Å². The van der Waals surface area contributed by atoms with Crippen LogP contribution in [0, 0.1) is 0 Å². The van der Waals surface area contributed by atoms with Crippen LogP contribution < -0.4 is 0 Å². The van der Waals surface area contributed by atoms with Gasteiger partial charge in [0, 0.05) is 0 Å². The minimum Gasteiger partial charge on any atom is -0.235 e. The second-order valence-corrected chi connectivity index (χ2v) is 4.90. The van der Waals surface area contributed by atoms with E-state index in [-0.39, 0.29) is 0 Å². The average molecular weight is 254 g/mol. The van der Waals surface area contributed by atoms with Crippen molar-refractivity contribution < 1.29 is 0 Å². The predicted octanol–water partition coefficient (Wildman–Crippen LogP) is 4.19. The third-order valence-corrected chi connectivity index (χ3v) is 3.86. The van der Waals surface area contributed by atoms with Crippen LogP contribution in [0.1, 0.15) is 5.01 Å². The van der Waals surface area contributed by atoms with Crippen molar-refractivity contribution in [2.24, 2.45) is 0 Å². The highest BCUT2D eigenvalue weighted by Gasteiger charge is 2.04. The first-order chi connectivity index (χ1) is 8.36. The molecular weight excluding hydrogens is 246 g/mol. The molecule has 1 heterocycles. The van der Waals surface area contributed by atoms with E-state index in [1.807, 2.05) is 18.2 Å². The van der Waals surface area contributed by atoms with E-state index in [1.165, 1.54) is 11.1 Å². The summed E-state index contributed by atoms with van der Waals surface area (Å²) in [7, 11) is 0. The second kappa shape index (κ2) is 4.35. The number of benzene rings is 2. The monoisotopic (exact) mass is 254 g/mol. The summed E-state index contributed by atoms with van der Waals surface area (Å²) in [6, 6.07) is 16.6. The van der Waals surface area contributed by atoms with E-state index >= 15 is 0 Å². The maximum atomic E-state index is 4.78. The fraction of sp³-hybridized carbons (Fsp3) is 0. The number of thiazole rings is 1. The Morgan fingerprint density at radius 2 is 1.82 bits per heavy atom. The van der Waals surface area contributed by atoms with Crippen molar-refractivity contribution in [3.8, 4) is 11.1 Å². The maximum Gasteiger partial charge on any atom is 0.137 e. The molecule has 0 saturated heterocycles. The van der Waals surface area contributed by atoms with E-state index in [0.717, 1.165) is 15.2 Å². The van der Waals surface area contributed by atoms with E-state index in [9.17, 15) is 0 Å². The largest absolute Gasteiger partial charge is 0.235 e. The molecule has 1 nitrogen and oxygen atoms in total. The molecule has 0 unspecified atom stereocenters. The highest BCUT2D eigenvalue weighted by Crippen LogP contribution is 2.27. The first kappa shape index (κ1) is 10.6. The van der Waals surface area contributed by atoms with Crippen molar-refractivity contribution in [2.45, 2.75) is 0 Å². The molecule has 2 aromatic carbocycles. The summed E-state index contributed by atoms with van der Waals surface area (Å²) in [5.74, 6) is 0. The molecule has 0 saturated carbocycles. The minimum absolute atomic E-state index is 0.778. The van der Waals surface area contributed by atoms with Gasteiger partial charge < -0.3 is 0 Å². The zero-order valence-corrected chi connectivity index (χ0v) is 10.5. The molecule has 81 valence electrons. The van der Waals surface area contributed by atoms with Crippen molar-refractivity contribution in [1.82, 2.24) is 4.98 Å². The van der Waals surface area contributed by atoms with Crippen LogP contribution in [0.3, 0.4) is 0 Å². The Hall–Kier alpha value is -1.58. The Morgan fingerprint density at radius 1 is 1.00 bits per heavy atom. The van der Waals surface area contributed by atoms with Gasteiger partial charge in [-0.2, -0.15) is 0 Å². The van der Waals surface area contributed by atoms with Gasteiger partial charge >= 0.3 is 0 Å². The Morgan fingerprint density at radius 3 is 2.59 bits per heavy atom. The molecule has 0 spiro atoms. The van der Waals surface area contributed by atoms with Crippen molar-refractivity contribution in [2.75, 3.05) is 0 Å². The average Bonchev–Trinajstić information content (AvgIpc) is 2.81. The fourth-order valence-corrected chi connectivity index (χ4v) is 2.69. The molecule has 0 amide bonds. The highest BCUT2D eigenvalue weighted by molar-refractivity contribution is 7.79. The normalized spacial score (nSPS) is 10.6. The Balaban J connectivity index is 2.16. The molecule has 0 aliphatic rings. The van der Waals surface area contributed by atoms with Crippen LogP contribution in [0.2, 0.25) is 0 Å². The molecule has 0 aliphatic carbocycles. The van der Waals surface area contributed by atoms with Gasteiger partial charge in [0.1, 0.15) is 5.01 Å². The first-order valence-corrected chi connectivity index (χ1v) is 6.43. The molecule has 0 bridgehead atoms. The van der Waals surface area contributed by atoms with E-state index in [4.69, 9.17) is 12.2 Å². The number of rotatable bonds is 2. The van der Waals surface area contributed by atoms with Crippen molar-refractivity contribution in [3.63, 3.8) is 0 Å². The number of aromatic nitrogens is 1. The summed E-state index contributed by atoms with van der Waals surface area (Å²) in [4.78, 5) is 4.42. The van der Waals surface area contributed by atoms with Gasteiger partial charge in [-0.25, -0.2) is 4.98 Å². The van der Waals surface area contributed by atoms with Crippen LogP contribution in [0.4, 0.5) is 0 Å². The molecule has 3 heteroatoms. The van der Waals surface area contributed by atoms with E-state index < -0.39 is 0 Å². The lowest BCUT2D eigenvalue weighted by atomic mass is 10.1. The zero-order valence-electron chi connectivity index (χ0n) is 8.88. The second-order valence-electron chi connectivity index (χ2n) is 3.67. The molecule has 0 fully saturated rings. The van der Waals surface area contributed by atoms with Crippen molar-refractivity contribution in [1.29, 1.82) is 0 Å². The van der Waals surface area contributed by atoms with E-state index in [2.05, 4.69) is 40.7 Å². The number of hydrogen-bond acceptors (Lipinski definition) is 3. The Labute approximate surface area is 109 Å². The van der Waals surface area contributed by atoms with Gasteiger partial charge in [0.25, 0.3) is 0 Å². The summed E-state index contributed by atoms with van der Waals surface area (Å²) < 4.78 is 1.15. The molecular formula is C14H8NS2. The van der Waals surface area contributed by atoms with Gasteiger partial charge in [-0.15, -0.1) is 11.3 Å². The summed E-state index contributed by atoms with van der Waals surface area (Å²) in [5.41, 5.74) is 3.37. The van der Waals surface area contributed by atoms with E-state index in [0.29, 0.717) is 0 Å². The quantitative estimate of drug-likeness (QED) is 0.636. The minimum atomic E-state index is 0.778. The van der Waals surface area contributed by atoms with Crippen molar-refractivity contribution in [3.05, 3.63) is 53.5 Å². The highest BCUT2D eigenvalue weighted by atomic mass is 32.1. The molecule has 0 N–H and O–H groups in total. The standard InChI is InChI=1S/C14H8NS2/c16-9-14-15-12-8-11(6-7-13(12)17-14)10-4-2-1-3-5-10/h1-8H. The van der Waals surface area contributed by atoms with Crippen LogP contribution >= 0.6 is 23.6 Å². The molecule has 17 heavy (non-hydrogen) atoms. The SMILES string of the molecule is S=[C]c1nc2cc(-c3ccccc3)ccc2s1. The van der Waals surface area contributed by atoms with Crippen LogP contribution in [0.5, 0.6) is 0 Å². The van der Waals surface area contributed by atoms with Gasteiger partial charge in [-0.3, -0.25) is 0 Å². The smallest absolute Gasteiger partial charge is 0.137 e. The lowest BCUT2D eigenvalue weighted by Gasteiger charge is -2.00. The third kappa shape index (κ3) is 1.99.